The van der Waals surface area contributed by atoms with Gasteiger partial charge in [-0.25, -0.2) is 4.79 Å². The number of ether oxygens (including phenoxy) is 1. The Kier molecular flexibility index (Phi) is 10.9. The molecule has 0 aliphatic rings. The number of hydrogen-bond donors (Lipinski definition) is 0. The van der Waals surface area contributed by atoms with Gasteiger partial charge in [0.05, 0.1) is 0 Å². The molecule has 0 spiro atoms. The maximum atomic E-state index is 11.4. The van der Waals surface area contributed by atoms with Gasteiger partial charge in [-0.05, 0) is 37.5 Å². The highest BCUT2D eigenvalue weighted by Crippen LogP contribution is 2.16. The summed E-state index contributed by atoms with van der Waals surface area (Å²) in [5.41, 5.74) is 1.73. The van der Waals surface area contributed by atoms with E-state index in [1.807, 2.05) is 12.1 Å². The third-order valence-corrected chi connectivity index (χ3v) is 4.30. The predicted molar refractivity (Wildman–Crippen MR) is 102 cm³/mol. The SMILES string of the molecule is C=C(C)C(=O)Oc1ccc(CCCCCCCCCCCC)cc1. The Bertz CT molecular complexity index is 473. The standard InChI is InChI=1S/C22H34O2/c1-4-5-6-7-8-9-10-11-12-13-14-20-15-17-21(18-16-20)24-22(23)19(2)3/h15-18H,2,4-14H2,1,3H3. The fraction of sp³-hybridized carbons (Fsp3) is 0.591. The molecule has 1 rings (SSSR count). The zero-order valence-electron chi connectivity index (χ0n) is 15.6. The second-order valence-electron chi connectivity index (χ2n) is 6.75. The van der Waals surface area contributed by atoms with Crippen LogP contribution >= 0.6 is 0 Å². The van der Waals surface area contributed by atoms with Crippen molar-refractivity contribution < 1.29 is 9.53 Å². The number of unbranched alkanes of at least 4 members (excludes halogenated alkanes) is 9. The van der Waals surface area contributed by atoms with Crippen LogP contribution in [0.2, 0.25) is 0 Å². The summed E-state index contributed by atoms with van der Waals surface area (Å²) in [5.74, 6) is 0.229. The molecule has 24 heavy (non-hydrogen) atoms. The molecule has 1 aromatic carbocycles. The van der Waals surface area contributed by atoms with E-state index in [-0.39, 0.29) is 5.97 Å². The van der Waals surface area contributed by atoms with Crippen LogP contribution in [-0.4, -0.2) is 5.97 Å². The van der Waals surface area contributed by atoms with Crippen molar-refractivity contribution >= 4 is 5.97 Å². The molecule has 2 heteroatoms. The predicted octanol–water partition coefficient (Wildman–Crippen LogP) is 6.63. The van der Waals surface area contributed by atoms with Crippen molar-refractivity contribution in [1.29, 1.82) is 0 Å². The van der Waals surface area contributed by atoms with Crippen molar-refractivity contribution in [3.63, 3.8) is 0 Å². The zero-order valence-corrected chi connectivity index (χ0v) is 15.6. The Hall–Kier alpha value is -1.57. The minimum atomic E-state index is -0.363. The largest absolute Gasteiger partial charge is 0.423 e. The van der Waals surface area contributed by atoms with E-state index in [1.165, 1.54) is 69.8 Å². The quantitative estimate of drug-likeness (QED) is 0.175. The van der Waals surface area contributed by atoms with Crippen LogP contribution in [0.3, 0.4) is 0 Å². The van der Waals surface area contributed by atoms with Crippen LogP contribution in [0.4, 0.5) is 0 Å². The molecule has 0 aromatic heterocycles. The lowest BCUT2D eigenvalue weighted by molar-refractivity contribution is -0.130. The Morgan fingerprint density at radius 2 is 1.38 bits per heavy atom. The molecule has 2 nitrogen and oxygen atoms in total. The second kappa shape index (κ2) is 12.8. The molecular formula is C22H34O2. The molecule has 0 heterocycles. The summed E-state index contributed by atoms with van der Waals surface area (Å²) in [6.45, 7) is 7.50. The van der Waals surface area contributed by atoms with Crippen molar-refractivity contribution in [2.75, 3.05) is 0 Å². The van der Waals surface area contributed by atoms with Gasteiger partial charge in [-0.1, -0.05) is 83.4 Å². The van der Waals surface area contributed by atoms with E-state index in [0.29, 0.717) is 11.3 Å². The van der Waals surface area contributed by atoms with Gasteiger partial charge in [0.1, 0.15) is 5.75 Å². The lowest BCUT2D eigenvalue weighted by Crippen LogP contribution is -2.07. The fourth-order valence-electron chi connectivity index (χ4n) is 2.73. The van der Waals surface area contributed by atoms with E-state index < -0.39 is 0 Å². The summed E-state index contributed by atoms with van der Waals surface area (Å²) < 4.78 is 5.20. The topological polar surface area (TPSA) is 26.3 Å². The number of hydrogen-bond acceptors (Lipinski definition) is 2. The van der Waals surface area contributed by atoms with E-state index in [9.17, 15) is 4.79 Å². The first-order valence-corrected chi connectivity index (χ1v) is 9.60. The summed E-state index contributed by atoms with van der Waals surface area (Å²) >= 11 is 0. The minimum absolute atomic E-state index is 0.363. The van der Waals surface area contributed by atoms with E-state index in [1.54, 1.807) is 6.92 Å². The summed E-state index contributed by atoms with van der Waals surface area (Å²) in [5, 5.41) is 0. The average Bonchev–Trinajstić information content (AvgIpc) is 2.58. The number of carbonyl (C=O) groups excluding carboxylic acids is 1. The molecule has 0 radical (unpaired) electrons. The maximum absolute atomic E-state index is 11.4. The smallest absolute Gasteiger partial charge is 0.338 e. The Morgan fingerprint density at radius 1 is 0.875 bits per heavy atom. The lowest BCUT2D eigenvalue weighted by Gasteiger charge is -2.06. The first-order chi connectivity index (χ1) is 11.6. The Labute approximate surface area is 148 Å². The van der Waals surface area contributed by atoms with Gasteiger partial charge >= 0.3 is 5.97 Å². The molecule has 1 aromatic rings. The summed E-state index contributed by atoms with van der Waals surface area (Å²) in [6.07, 6.45) is 14.7. The van der Waals surface area contributed by atoms with Gasteiger partial charge in [0.25, 0.3) is 0 Å². The maximum Gasteiger partial charge on any atom is 0.338 e. The van der Waals surface area contributed by atoms with Crippen LogP contribution in [0.5, 0.6) is 5.75 Å². The number of benzene rings is 1. The molecule has 0 atom stereocenters. The molecule has 134 valence electrons. The van der Waals surface area contributed by atoms with Crippen molar-refractivity contribution in [2.45, 2.75) is 84.5 Å². The van der Waals surface area contributed by atoms with E-state index in [0.717, 1.165) is 6.42 Å². The van der Waals surface area contributed by atoms with Gasteiger partial charge in [-0.3, -0.25) is 0 Å². The molecule has 0 amide bonds. The molecule has 0 aliphatic carbocycles. The van der Waals surface area contributed by atoms with E-state index in [2.05, 4.69) is 25.6 Å². The normalized spacial score (nSPS) is 10.6. The van der Waals surface area contributed by atoms with Gasteiger partial charge in [0.2, 0.25) is 0 Å². The molecule has 0 fully saturated rings. The number of carbonyl (C=O) groups is 1. The van der Waals surface area contributed by atoms with Crippen molar-refractivity contribution in [3.05, 3.63) is 42.0 Å². The van der Waals surface area contributed by atoms with Crippen LogP contribution in [0, 0.1) is 0 Å². The van der Waals surface area contributed by atoms with Crippen LogP contribution < -0.4 is 4.74 Å². The Morgan fingerprint density at radius 3 is 1.88 bits per heavy atom. The minimum Gasteiger partial charge on any atom is -0.423 e. The summed E-state index contributed by atoms with van der Waals surface area (Å²) in [6, 6.07) is 7.84. The molecule has 0 bridgehead atoms. The highest BCUT2D eigenvalue weighted by Gasteiger charge is 2.04. The van der Waals surface area contributed by atoms with E-state index >= 15 is 0 Å². The van der Waals surface area contributed by atoms with Gasteiger partial charge in [-0.2, -0.15) is 0 Å². The van der Waals surface area contributed by atoms with Crippen LogP contribution in [-0.2, 0) is 11.2 Å². The molecule has 0 saturated carbocycles. The van der Waals surface area contributed by atoms with Gasteiger partial charge < -0.3 is 4.74 Å². The van der Waals surface area contributed by atoms with Crippen LogP contribution in [0.25, 0.3) is 0 Å². The zero-order chi connectivity index (χ0) is 17.6. The van der Waals surface area contributed by atoms with E-state index in [4.69, 9.17) is 4.74 Å². The molecule has 0 unspecified atom stereocenters. The van der Waals surface area contributed by atoms with Crippen molar-refractivity contribution in [1.82, 2.24) is 0 Å². The average molecular weight is 331 g/mol. The number of rotatable bonds is 13. The second-order valence-corrected chi connectivity index (χ2v) is 6.75. The Balaban J connectivity index is 2.07. The number of esters is 1. The highest BCUT2D eigenvalue weighted by molar-refractivity contribution is 5.88. The van der Waals surface area contributed by atoms with Crippen LogP contribution in [0.1, 0.15) is 83.6 Å². The first-order valence-electron chi connectivity index (χ1n) is 9.60. The summed E-state index contributed by atoms with van der Waals surface area (Å²) in [4.78, 5) is 11.4. The third kappa shape index (κ3) is 9.54. The number of aryl methyl sites for hydroxylation is 1. The van der Waals surface area contributed by atoms with Crippen molar-refractivity contribution in [3.8, 4) is 5.75 Å². The summed E-state index contributed by atoms with van der Waals surface area (Å²) in [7, 11) is 0. The first kappa shape index (κ1) is 20.5. The van der Waals surface area contributed by atoms with Gasteiger partial charge in [-0.15, -0.1) is 0 Å². The van der Waals surface area contributed by atoms with Crippen LogP contribution in [0.15, 0.2) is 36.4 Å². The van der Waals surface area contributed by atoms with Gasteiger partial charge in [0.15, 0.2) is 0 Å². The molecule has 0 N–H and O–H groups in total. The molecular weight excluding hydrogens is 296 g/mol. The third-order valence-electron chi connectivity index (χ3n) is 4.30. The molecule has 0 aliphatic heterocycles. The van der Waals surface area contributed by atoms with Gasteiger partial charge in [0, 0.05) is 5.57 Å². The highest BCUT2D eigenvalue weighted by atomic mass is 16.5. The van der Waals surface area contributed by atoms with Crippen molar-refractivity contribution in [2.24, 2.45) is 0 Å². The molecule has 0 saturated heterocycles. The fourth-order valence-corrected chi connectivity index (χ4v) is 2.73. The lowest BCUT2D eigenvalue weighted by atomic mass is 10.0. The monoisotopic (exact) mass is 330 g/mol.